The number of benzene rings is 6. The number of hydrogen-bond donors (Lipinski definition) is 0. The zero-order valence-corrected chi connectivity index (χ0v) is 25.8. The lowest BCUT2D eigenvalue weighted by Gasteiger charge is -2.28. The molecule has 0 radical (unpaired) electrons. The van der Waals surface area contributed by atoms with Crippen molar-refractivity contribution in [3.05, 3.63) is 181 Å². The van der Waals surface area contributed by atoms with Crippen LogP contribution in [-0.2, 0) is 0 Å². The smallest absolute Gasteiger partial charge is 0.0540 e. The minimum absolute atomic E-state index is 0.786. The molecule has 6 aromatic carbocycles. The molecular weight excluding hydrogens is 544 g/mol. The van der Waals surface area contributed by atoms with E-state index in [0.717, 1.165) is 46.0 Å². The van der Waals surface area contributed by atoms with Crippen LogP contribution < -0.4 is 9.80 Å². The van der Waals surface area contributed by atoms with E-state index in [4.69, 9.17) is 0 Å². The highest BCUT2D eigenvalue weighted by Gasteiger charge is 2.16. The van der Waals surface area contributed by atoms with Gasteiger partial charge in [-0.2, -0.15) is 0 Å². The Morgan fingerprint density at radius 3 is 2.00 bits per heavy atom. The van der Waals surface area contributed by atoms with Crippen LogP contribution in [0.2, 0.25) is 0 Å². The van der Waals surface area contributed by atoms with Crippen LogP contribution in [0.15, 0.2) is 176 Å². The lowest BCUT2D eigenvalue weighted by molar-refractivity contribution is 1.20. The quantitative estimate of drug-likeness (QED) is 0.124. The second kappa shape index (κ2) is 13.7. The monoisotopic (exact) mass is 580 g/mol. The Balaban J connectivity index is 1.38. The predicted molar refractivity (Wildman–Crippen MR) is 194 cm³/mol. The zero-order chi connectivity index (χ0) is 31.0. The fourth-order valence-electron chi connectivity index (χ4n) is 5.72. The molecule has 0 unspecified atom stereocenters. The lowest BCUT2D eigenvalue weighted by Crippen LogP contribution is -2.12. The van der Waals surface area contributed by atoms with Gasteiger partial charge in [-0.05, 0) is 96.6 Å². The molecule has 0 heterocycles. The SMILES string of the molecule is C=C=C=C(C/C=C\C)c1ccc(N(c2ccc(N(C)c3cccc(-c4ccccc4)c3)cc2)c2cccc3ccccc23)cc1. The van der Waals surface area contributed by atoms with Gasteiger partial charge >= 0.3 is 0 Å². The first-order valence-electron chi connectivity index (χ1n) is 15.3. The topological polar surface area (TPSA) is 6.48 Å². The van der Waals surface area contributed by atoms with Crippen molar-refractivity contribution < 1.29 is 0 Å². The first kappa shape index (κ1) is 29.3. The standard InChI is InChI=1S/C43H36N2/c1-4-6-15-33(14-5-2)35-24-26-39(27-25-35)45(43-23-13-19-36-18-10-11-22-42(36)43)40-30-28-38(29-31-40)44(3)41-21-12-20-37(32-41)34-16-8-7-9-17-34/h4,6-13,16-32H,2,15H2,1,3H3/b6-4-. The van der Waals surface area contributed by atoms with E-state index in [0.29, 0.717) is 0 Å². The van der Waals surface area contributed by atoms with E-state index < -0.39 is 0 Å². The molecule has 0 spiro atoms. The van der Waals surface area contributed by atoms with Crippen LogP contribution in [0.1, 0.15) is 18.9 Å². The van der Waals surface area contributed by atoms with Gasteiger partial charge in [0.1, 0.15) is 0 Å². The molecule has 0 amide bonds. The summed E-state index contributed by atoms with van der Waals surface area (Å²) in [7, 11) is 2.12. The van der Waals surface area contributed by atoms with Gasteiger partial charge in [0.25, 0.3) is 0 Å². The van der Waals surface area contributed by atoms with Gasteiger partial charge in [0.15, 0.2) is 0 Å². The number of fused-ring (bicyclic) bond motifs is 1. The summed E-state index contributed by atoms with van der Waals surface area (Å²) in [5, 5.41) is 2.41. The minimum atomic E-state index is 0.786. The maximum Gasteiger partial charge on any atom is 0.0540 e. The highest BCUT2D eigenvalue weighted by Crippen LogP contribution is 2.40. The normalized spacial score (nSPS) is 10.8. The average molecular weight is 581 g/mol. The molecule has 0 aliphatic heterocycles. The van der Waals surface area contributed by atoms with E-state index in [1.165, 1.54) is 21.9 Å². The van der Waals surface area contributed by atoms with Gasteiger partial charge in [0, 0.05) is 40.8 Å². The molecule has 0 aliphatic carbocycles. The van der Waals surface area contributed by atoms with E-state index in [9.17, 15) is 0 Å². The first-order chi connectivity index (χ1) is 22.2. The predicted octanol–water partition coefficient (Wildman–Crippen LogP) is 12.0. The van der Waals surface area contributed by atoms with Crippen LogP contribution in [-0.4, -0.2) is 7.05 Å². The number of nitrogens with zero attached hydrogens (tertiary/aromatic N) is 2. The van der Waals surface area contributed by atoms with Crippen molar-refractivity contribution in [1.82, 2.24) is 0 Å². The highest BCUT2D eigenvalue weighted by molar-refractivity contribution is 5.99. The largest absolute Gasteiger partial charge is 0.345 e. The summed E-state index contributed by atoms with van der Waals surface area (Å²) in [4.78, 5) is 4.57. The van der Waals surface area contributed by atoms with E-state index in [1.54, 1.807) is 0 Å². The molecule has 0 N–H and O–H groups in total. The summed E-state index contributed by atoms with van der Waals surface area (Å²) in [6.45, 7) is 5.79. The van der Waals surface area contributed by atoms with Crippen molar-refractivity contribution in [2.45, 2.75) is 13.3 Å². The fourth-order valence-corrected chi connectivity index (χ4v) is 5.72. The molecule has 6 rings (SSSR count). The van der Waals surface area contributed by atoms with Crippen LogP contribution in [0.3, 0.4) is 0 Å². The minimum Gasteiger partial charge on any atom is -0.345 e. The fraction of sp³-hybridized carbons (Fsp3) is 0.0698. The Bertz CT molecular complexity index is 2020. The van der Waals surface area contributed by atoms with Gasteiger partial charge in [-0.1, -0.05) is 115 Å². The first-order valence-corrected chi connectivity index (χ1v) is 15.3. The van der Waals surface area contributed by atoms with Crippen molar-refractivity contribution in [2.24, 2.45) is 0 Å². The summed E-state index contributed by atoms with van der Waals surface area (Å²) < 4.78 is 0. The van der Waals surface area contributed by atoms with Gasteiger partial charge in [-0.25, -0.2) is 0 Å². The Kier molecular flexibility index (Phi) is 8.90. The van der Waals surface area contributed by atoms with Crippen LogP contribution in [0, 0.1) is 0 Å². The summed E-state index contributed by atoms with van der Waals surface area (Å²) >= 11 is 0. The molecule has 0 aliphatic rings. The second-order valence-electron chi connectivity index (χ2n) is 10.9. The number of anilines is 5. The van der Waals surface area contributed by atoms with E-state index in [2.05, 4.69) is 193 Å². The summed E-state index contributed by atoms with van der Waals surface area (Å²) in [5.74, 6) is 0. The molecule has 0 saturated carbocycles. The molecule has 2 nitrogen and oxygen atoms in total. The molecule has 0 bridgehead atoms. The van der Waals surface area contributed by atoms with Gasteiger partial charge in [-0.3, -0.25) is 0 Å². The maximum absolute atomic E-state index is 3.75. The third-order valence-electron chi connectivity index (χ3n) is 8.11. The third-order valence-corrected chi connectivity index (χ3v) is 8.11. The highest BCUT2D eigenvalue weighted by atomic mass is 15.1. The van der Waals surface area contributed by atoms with Gasteiger partial charge < -0.3 is 9.80 Å². The summed E-state index contributed by atoms with van der Waals surface area (Å²) in [6, 6.07) is 51.8. The van der Waals surface area contributed by atoms with Crippen molar-refractivity contribution in [2.75, 3.05) is 16.8 Å². The Labute approximate surface area is 266 Å². The number of allylic oxidation sites excluding steroid dienone is 3. The Hall–Kier alpha value is -5.78. The molecule has 0 atom stereocenters. The molecule has 2 heteroatoms. The van der Waals surface area contributed by atoms with Gasteiger partial charge in [0.2, 0.25) is 0 Å². The van der Waals surface area contributed by atoms with Crippen molar-refractivity contribution in [3.63, 3.8) is 0 Å². The van der Waals surface area contributed by atoms with E-state index in [-0.39, 0.29) is 0 Å². The summed E-state index contributed by atoms with van der Waals surface area (Å²) in [6.07, 6.45) is 4.98. The van der Waals surface area contributed by atoms with Crippen LogP contribution in [0.5, 0.6) is 0 Å². The lowest BCUT2D eigenvalue weighted by atomic mass is 10.0. The van der Waals surface area contributed by atoms with Gasteiger partial charge in [0.05, 0.1) is 5.69 Å². The number of hydrogen-bond acceptors (Lipinski definition) is 2. The second-order valence-corrected chi connectivity index (χ2v) is 10.9. The Morgan fingerprint density at radius 1 is 0.644 bits per heavy atom. The van der Waals surface area contributed by atoms with E-state index in [1.807, 2.05) is 6.92 Å². The van der Waals surface area contributed by atoms with E-state index >= 15 is 0 Å². The molecule has 6 aromatic rings. The van der Waals surface area contributed by atoms with Crippen molar-refractivity contribution in [1.29, 1.82) is 0 Å². The summed E-state index contributed by atoms with van der Waals surface area (Å²) in [5.41, 5.74) is 16.2. The third kappa shape index (κ3) is 6.44. The molecule has 0 saturated heterocycles. The zero-order valence-electron chi connectivity index (χ0n) is 25.8. The molecule has 218 valence electrons. The van der Waals surface area contributed by atoms with Crippen molar-refractivity contribution >= 4 is 44.8 Å². The average Bonchev–Trinajstić information content (AvgIpc) is 3.11. The number of rotatable bonds is 9. The molecule has 0 aromatic heterocycles. The van der Waals surface area contributed by atoms with Crippen LogP contribution in [0.25, 0.3) is 27.5 Å². The molecular formula is C43H36N2. The van der Waals surface area contributed by atoms with Crippen LogP contribution >= 0.6 is 0 Å². The Morgan fingerprint density at radius 2 is 1.27 bits per heavy atom. The van der Waals surface area contributed by atoms with Gasteiger partial charge in [-0.15, -0.1) is 0 Å². The van der Waals surface area contributed by atoms with Crippen molar-refractivity contribution in [3.8, 4) is 11.1 Å². The maximum atomic E-state index is 3.75. The van der Waals surface area contributed by atoms with Crippen LogP contribution in [0.4, 0.5) is 28.4 Å². The molecule has 45 heavy (non-hydrogen) atoms. The molecule has 0 fully saturated rings.